The number of rotatable bonds is 8. The van der Waals surface area contributed by atoms with Crippen molar-refractivity contribution in [3.05, 3.63) is 24.3 Å². The van der Waals surface area contributed by atoms with Crippen molar-refractivity contribution < 1.29 is 54.6 Å². The number of nitrogens with zero attached hydrogens (tertiary/aromatic N) is 1. The van der Waals surface area contributed by atoms with Gasteiger partial charge in [0.25, 0.3) is 11.8 Å². The number of nitrogens with one attached hydrogen (secondary N) is 3. The summed E-state index contributed by atoms with van der Waals surface area (Å²) in [6.45, 7) is -2.36. The first-order valence-electron chi connectivity index (χ1n) is 10.3. The minimum absolute atomic E-state index is 0.199. The summed E-state index contributed by atoms with van der Waals surface area (Å²) >= 11 is 0. The SMILES string of the molecule is CC(O)(C(=O)NCC(F)(F)C(F)(F)F)C(=O)N[C@H]1CN(CCCC(F)(F)F)c2ccccc2NC1=O. The standard InChI is InChI=1S/C20H22F8N4O4/c1-17(36,15(34)29-10-18(21,22)20(26,27)28)16(35)31-12-9-32(8-4-7-19(23,24)25)13-6-3-2-5-11(13)30-14(12)33/h2-3,5-6,12,36H,4,7-10H2,1H3,(H,29,34)(H,30,33)(H,31,35)/t12-,17?/m0/s1. The Morgan fingerprint density at radius 3 is 2.28 bits per heavy atom. The van der Waals surface area contributed by atoms with E-state index in [9.17, 15) is 54.6 Å². The number of fused-ring (bicyclic) bond motifs is 1. The fraction of sp³-hybridized carbons (Fsp3) is 0.550. The Labute approximate surface area is 199 Å². The van der Waals surface area contributed by atoms with Crippen molar-refractivity contribution in [1.29, 1.82) is 0 Å². The van der Waals surface area contributed by atoms with Gasteiger partial charge < -0.3 is 26.0 Å². The highest BCUT2D eigenvalue weighted by Gasteiger charge is 2.58. The third-order valence-electron chi connectivity index (χ3n) is 5.19. The minimum atomic E-state index is -6.00. The van der Waals surface area contributed by atoms with E-state index in [1.165, 1.54) is 23.1 Å². The van der Waals surface area contributed by atoms with Gasteiger partial charge in [0.05, 0.1) is 17.9 Å². The summed E-state index contributed by atoms with van der Waals surface area (Å²) in [7, 11) is 0. The van der Waals surface area contributed by atoms with Crippen molar-refractivity contribution in [2.24, 2.45) is 0 Å². The third kappa shape index (κ3) is 7.18. The zero-order valence-corrected chi connectivity index (χ0v) is 18.6. The summed E-state index contributed by atoms with van der Waals surface area (Å²) in [6, 6.07) is 4.47. The molecule has 1 unspecified atom stereocenters. The minimum Gasteiger partial charge on any atom is -0.372 e. The second kappa shape index (κ2) is 10.4. The monoisotopic (exact) mass is 534 g/mol. The van der Waals surface area contributed by atoms with Crippen molar-refractivity contribution in [1.82, 2.24) is 10.6 Å². The molecule has 0 aliphatic carbocycles. The molecule has 36 heavy (non-hydrogen) atoms. The average molecular weight is 534 g/mol. The molecule has 0 saturated carbocycles. The van der Waals surface area contributed by atoms with E-state index in [0.717, 1.165) is 5.32 Å². The zero-order chi connectivity index (χ0) is 27.5. The zero-order valence-electron chi connectivity index (χ0n) is 18.6. The number of halogens is 8. The number of benzene rings is 1. The lowest BCUT2D eigenvalue weighted by Gasteiger charge is -2.29. The van der Waals surface area contributed by atoms with Crippen LogP contribution in [0.4, 0.5) is 46.5 Å². The number of anilines is 2. The molecule has 2 rings (SSSR count). The van der Waals surface area contributed by atoms with Gasteiger partial charge >= 0.3 is 18.3 Å². The lowest BCUT2D eigenvalue weighted by Crippen LogP contribution is -2.61. The fourth-order valence-electron chi connectivity index (χ4n) is 3.14. The van der Waals surface area contributed by atoms with Gasteiger partial charge in [-0.05, 0) is 25.5 Å². The quantitative estimate of drug-likeness (QED) is 0.303. The maximum absolute atomic E-state index is 13.0. The molecule has 202 valence electrons. The van der Waals surface area contributed by atoms with E-state index >= 15 is 0 Å². The van der Waals surface area contributed by atoms with Gasteiger partial charge in [0.1, 0.15) is 6.04 Å². The molecule has 4 N–H and O–H groups in total. The van der Waals surface area contributed by atoms with E-state index in [4.69, 9.17) is 0 Å². The Hall–Kier alpha value is -3.17. The highest BCUT2D eigenvalue weighted by molar-refractivity contribution is 6.10. The maximum atomic E-state index is 13.0. The molecular formula is C20H22F8N4O4. The van der Waals surface area contributed by atoms with Gasteiger partial charge in [-0.15, -0.1) is 0 Å². The topological polar surface area (TPSA) is 111 Å². The van der Waals surface area contributed by atoms with Crippen molar-refractivity contribution >= 4 is 29.1 Å². The Morgan fingerprint density at radius 1 is 1.08 bits per heavy atom. The van der Waals surface area contributed by atoms with Gasteiger partial charge in [0.15, 0.2) is 0 Å². The predicted molar refractivity (Wildman–Crippen MR) is 109 cm³/mol. The predicted octanol–water partition coefficient (Wildman–Crippen LogP) is 2.34. The van der Waals surface area contributed by atoms with Gasteiger partial charge in [-0.2, -0.15) is 35.1 Å². The van der Waals surface area contributed by atoms with Crippen LogP contribution in [0.1, 0.15) is 19.8 Å². The molecule has 3 amide bonds. The molecule has 1 heterocycles. The van der Waals surface area contributed by atoms with Gasteiger partial charge in [0, 0.05) is 19.5 Å². The number of alkyl halides is 8. The molecule has 0 fully saturated rings. The van der Waals surface area contributed by atoms with E-state index < -0.39 is 67.1 Å². The number of carbonyl (C=O) groups excluding carboxylic acids is 3. The van der Waals surface area contributed by atoms with Crippen LogP contribution in [0.15, 0.2) is 24.3 Å². The van der Waals surface area contributed by atoms with Crippen LogP contribution in [0, 0.1) is 0 Å². The highest BCUT2D eigenvalue weighted by Crippen LogP contribution is 2.35. The lowest BCUT2D eigenvalue weighted by molar-refractivity contribution is -0.278. The Morgan fingerprint density at radius 2 is 1.69 bits per heavy atom. The van der Waals surface area contributed by atoms with Crippen LogP contribution in [0.5, 0.6) is 0 Å². The van der Waals surface area contributed by atoms with E-state index in [0.29, 0.717) is 12.6 Å². The number of carbonyl (C=O) groups is 3. The number of para-hydroxylation sites is 2. The summed E-state index contributed by atoms with van der Waals surface area (Å²) < 4.78 is 101. The molecular weight excluding hydrogens is 512 g/mol. The summed E-state index contributed by atoms with van der Waals surface area (Å²) in [6.07, 6.45) is -12.0. The average Bonchev–Trinajstić information content (AvgIpc) is 2.86. The Kier molecular flexibility index (Phi) is 8.43. The van der Waals surface area contributed by atoms with Gasteiger partial charge in [-0.1, -0.05) is 12.1 Å². The van der Waals surface area contributed by atoms with E-state index in [2.05, 4.69) is 5.32 Å². The molecule has 1 aliphatic heterocycles. The van der Waals surface area contributed by atoms with Crippen LogP contribution in [0.25, 0.3) is 0 Å². The number of aliphatic hydroxyl groups is 1. The molecule has 0 aromatic heterocycles. The smallest absolute Gasteiger partial charge is 0.372 e. The van der Waals surface area contributed by atoms with E-state index in [1.54, 1.807) is 6.07 Å². The van der Waals surface area contributed by atoms with Crippen LogP contribution in [0.3, 0.4) is 0 Å². The first-order chi connectivity index (χ1) is 16.3. The molecule has 2 atom stereocenters. The normalized spacial score (nSPS) is 18.4. The summed E-state index contributed by atoms with van der Waals surface area (Å²) in [5.74, 6) is -9.74. The van der Waals surface area contributed by atoms with Crippen molar-refractivity contribution in [2.45, 2.75) is 49.7 Å². The van der Waals surface area contributed by atoms with Gasteiger partial charge in [0.2, 0.25) is 11.5 Å². The molecule has 0 saturated heterocycles. The second-order valence-electron chi connectivity index (χ2n) is 8.15. The van der Waals surface area contributed by atoms with Crippen molar-refractivity contribution in [3.63, 3.8) is 0 Å². The largest absolute Gasteiger partial charge is 0.455 e. The fourth-order valence-corrected chi connectivity index (χ4v) is 3.14. The van der Waals surface area contributed by atoms with Crippen LogP contribution in [-0.2, 0) is 14.4 Å². The first-order valence-corrected chi connectivity index (χ1v) is 10.3. The van der Waals surface area contributed by atoms with Crippen LogP contribution in [-0.4, -0.2) is 72.4 Å². The maximum Gasteiger partial charge on any atom is 0.455 e. The third-order valence-corrected chi connectivity index (χ3v) is 5.19. The molecule has 16 heteroatoms. The number of hydrogen-bond donors (Lipinski definition) is 4. The molecule has 0 radical (unpaired) electrons. The summed E-state index contributed by atoms with van der Waals surface area (Å²) in [4.78, 5) is 38.5. The van der Waals surface area contributed by atoms with Gasteiger partial charge in [-0.3, -0.25) is 14.4 Å². The molecule has 1 aromatic rings. The molecule has 0 spiro atoms. The van der Waals surface area contributed by atoms with E-state index in [-0.39, 0.29) is 18.7 Å². The van der Waals surface area contributed by atoms with Crippen molar-refractivity contribution in [3.8, 4) is 0 Å². The lowest BCUT2D eigenvalue weighted by atomic mass is 10.0. The van der Waals surface area contributed by atoms with E-state index in [1.807, 2.05) is 5.32 Å². The summed E-state index contributed by atoms with van der Waals surface area (Å²) in [5, 5.41) is 15.8. The highest BCUT2D eigenvalue weighted by atomic mass is 19.4. The van der Waals surface area contributed by atoms with Crippen LogP contribution in [0.2, 0.25) is 0 Å². The summed E-state index contributed by atoms with van der Waals surface area (Å²) in [5.41, 5.74) is -2.66. The first kappa shape index (κ1) is 29.1. The molecule has 1 aromatic carbocycles. The number of amides is 3. The van der Waals surface area contributed by atoms with Gasteiger partial charge in [-0.25, -0.2) is 0 Å². The Balaban J connectivity index is 2.15. The second-order valence-corrected chi connectivity index (χ2v) is 8.15. The molecule has 8 nitrogen and oxygen atoms in total. The van der Waals surface area contributed by atoms with Crippen molar-refractivity contribution in [2.75, 3.05) is 29.9 Å². The number of hydrogen-bond acceptors (Lipinski definition) is 5. The molecule has 0 bridgehead atoms. The Bertz CT molecular complexity index is 981. The van der Waals surface area contributed by atoms with Crippen LogP contribution < -0.4 is 20.9 Å². The van der Waals surface area contributed by atoms with Crippen LogP contribution >= 0.6 is 0 Å². The molecule has 1 aliphatic rings.